The van der Waals surface area contributed by atoms with Crippen molar-refractivity contribution >= 4 is 21.7 Å². The van der Waals surface area contributed by atoms with Crippen LogP contribution in [0, 0.1) is 0 Å². The molecular formula is C18H27N3O5S. The van der Waals surface area contributed by atoms with Gasteiger partial charge in [0, 0.05) is 31.8 Å². The predicted molar refractivity (Wildman–Crippen MR) is 101 cm³/mol. The number of carbonyl (C=O) groups excluding carboxylic acids is 1. The number of sulfonamides is 1. The number of rotatable bonds is 5. The lowest BCUT2D eigenvalue weighted by Crippen LogP contribution is -2.57. The fourth-order valence-electron chi connectivity index (χ4n) is 3.42. The van der Waals surface area contributed by atoms with Crippen molar-refractivity contribution in [3.05, 3.63) is 24.3 Å². The fourth-order valence-corrected chi connectivity index (χ4v) is 4.56. The van der Waals surface area contributed by atoms with Gasteiger partial charge in [0.15, 0.2) is 0 Å². The maximum absolute atomic E-state index is 12.7. The SMILES string of the molecule is CCCNS(=O)(=O)c1ccc(NC(=O)N2CC(C)OC3(CCOC3)C2)cc1. The highest BCUT2D eigenvalue weighted by Crippen LogP contribution is 2.30. The largest absolute Gasteiger partial charge is 0.378 e. The van der Waals surface area contributed by atoms with Crippen LogP contribution >= 0.6 is 0 Å². The summed E-state index contributed by atoms with van der Waals surface area (Å²) in [6.07, 6.45) is 1.43. The van der Waals surface area contributed by atoms with Gasteiger partial charge in [0.1, 0.15) is 5.60 Å². The number of nitrogens with one attached hydrogen (secondary N) is 2. The normalized spacial score (nSPS) is 25.7. The summed E-state index contributed by atoms with van der Waals surface area (Å²) in [4.78, 5) is 14.6. The minimum atomic E-state index is -3.51. The minimum absolute atomic E-state index is 0.0663. The summed E-state index contributed by atoms with van der Waals surface area (Å²) in [6.45, 7) is 6.36. The molecule has 0 radical (unpaired) electrons. The van der Waals surface area contributed by atoms with Crippen LogP contribution in [0.2, 0.25) is 0 Å². The molecule has 0 saturated carbocycles. The topological polar surface area (TPSA) is 97.0 Å². The Kier molecular flexibility index (Phi) is 6.05. The van der Waals surface area contributed by atoms with Gasteiger partial charge in [-0.3, -0.25) is 0 Å². The van der Waals surface area contributed by atoms with Gasteiger partial charge < -0.3 is 19.7 Å². The average molecular weight is 397 g/mol. The van der Waals surface area contributed by atoms with Gasteiger partial charge in [-0.2, -0.15) is 0 Å². The smallest absolute Gasteiger partial charge is 0.322 e. The van der Waals surface area contributed by atoms with E-state index in [1.807, 2.05) is 13.8 Å². The first-order valence-electron chi connectivity index (χ1n) is 9.25. The van der Waals surface area contributed by atoms with Crippen molar-refractivity contribution < 1.29 is 22.7 Å². The first kappa shape index (κ1) is 20.1. The number of hydrogen-bond acceptors (Lipinski definition) is 5. The number of carbonyl (C=O) groups is 1. The Balaban J connectivity index is 1.64. The summed E-state index contributed by atoms with van der Waals surface area (Å²) in [6, 6.07) is 5.94. The molecule has 2 N–H and O–H groups in total. The van der Waals surface area contributed by atoms with E-state index in [0.29, 0.717) is 38.5 Å². The highest BCUT2D eigenvalue weighted by molar-refractivity contribution is 7.89. The van der Waals surface area contributed by atoms with E-state index in [1.165, 1.54) is 12.1 Å². The first-order chi connectivity index (χ1) is 12.8. The second-order valence-electron chi connectivity index (χ2n) is 7.15. The van der Waals surface area contributed by atoms with Crippen molar-refractivity contribution in [1.29, 1.82) is 0 Å². The third-order valence-electron chi connectivity index (χ3n) is 4.72. The molecule has 2 fully saturated rings. The number of nitrogens with zero attached hydrogens (tertiary/aromatic N) is 1. The summed E-state index contributed by atoms with van der Waals surface area (Å²) in [5.41, 5.74) is 0.128. The fraction of sp³-hybridized carbons (Fsp3) is 0.611. The van der Waals surface area contributed by atoms with Gasteiger partial charge in [-0.15, -0.1) is 0 Å². The monoisotopic (exact) mass is 397 g/mol. The summed E-state index contributed by atoms with van der Waals surface area (Å²) in [5.74, 6) is 0. The van der Waals surface area contributed by atoms with Crippen LogP contribution < -0.4 is 10.0 Å². The van der Waals surface area contributed by atoms with E-state index in [4.69, 9.17) is 9.47 Å². The number of amides is 2. The number of anilines is 1. The van der Waals surface area contributed by atoms with Crippen molar-refractivity contribution in [3.8, 4) is 0 Å². The van der Waals surface area contributed by atoms with Gasteiger partial charge in [0.2, 0.25) is 10.0 Å². The number of urea groups is 1. The molecular weight excluding hydrogens is 370 g/mol. The number of ether oxygens (including phenoxy) is 2. The van der Waals surface area contributed by atoms with Gasteiger partial charge in [0.25, 0.3) is 0 Å². The quantitative estimate of drug-likeness (QED) is 0.790. The molecule has 1 aromatic carbocycles. The van der Waals surface area contributed by atoms with Crippen molar-refractivity contribution in [2.24, 2.45) is 0 Å². The van der Waals surface area contributed by atoms with E-state index in [1.54, 1.807) is 17.0 Å². The molecule has 0 bridgehead atoms. The molecule has 2 atom stereocenters. The number of benzene rings is 1. The Morgan fingerprint density at radius 2 is 2.07 bits per heavy atom. The van der Waals surface area contributed by atoms with Crippen LogP contribution in [0.4, 0.5) is 10.5 Å². The first-order valence-corrected chi connectivity index (χ1v) is 10.7. The Labute approximate surface area is 160 Å². The van der Waals surface area contributed by atoms with Crippen LogP contribution in [0.25, 0.3) is 0 Å². The zero-order valence-corrected chi connectivity index (χ0v) is 16.5. The lowest BCUT2D eigenvalue weighted by atomic mass is 9.99. The lowest BCUT2D eigenvalue weighted by Gasteiger charge is -2.42. The minimum Gasteiger partial charge on any atom is -0.378 e. The molecule has 2 aliphatic rings. The molecule has 2 unspecified atom stereocenters. The Hall–Kier alpha value is -1.68. The molecule has 1 spiro atoms. The van der Waals surface area contributed by atoms with E-state index in [-0.39, 0.29) is 17.0 Å². The third-order valence-corrected chi connectivity index (χ3v) is 6.20. The standard InChI is InChI=1S/C18H27N3O5S/c1-3-9-19-27(23,24)16-6-4-15(5-7-16)20-17(22)21-11-14(2)26-18(12-21)8-10-25-13-18/h4-7,14,19H,3,8-13H2,1-2H3,(H,20,22). The van der Waals surface area contributed by atoms with Crippen molar-refractivity contribution in [2.75, 3.05) is 38.2 Å². The molecule has 2 heterocycles. The van der Waals surface area contributed by atoms with E-state index in [2.05, 4.69) is 10.0 Å². The second kappa shape index (κ2) is 8.14. The van der Waals surface area contributed by atoms with Gasteiger partial charge in [-0.05, 0) is 37.6 Å². The highest BCUT2D eigenvalue weighted by atomic mass is 32.2. The summed E-state index contributed by atoms with van der Waals surface area (Å²) < 4.78 is 38.2. The third kappa shape index (κ3) is 4.78. The zero-order valence-electron chi connectivity index (χ0n) is 15.7. The van der Waals surface area contributed by atoms with Crippen LogP contribution in [0.3, 0.4) is 0 Å². The molecule has 8 nitrogen and oxygen atoms in total. The van der Waals surface area contributed by atoms with Crippen molar-refractivity contribution in [1.82, 2.24) is 9.62 Å². The molecule has 27 heavy (non-hydrogen) atoms. The Morgan fingerprint density at radius 1 is 1.33 bits per heavy atom. The number of morpholine rings is 1. The van der Waals surface area contributed by atoms with Crippen molar-refractivity contribution in [3.63, 3.8) is 0 Å². The van der Waals surface area contributed by atoms with Crippen LogP contribution in [0.5, 0.6) is 0 Å². The van der Waals surface area contributed by atoms with Crippen LogP contribution in [-0.2, 0) is 19.5 Å². The molecule has 1 aromatic rings. The lowest BCUT2D eigenvalue weighted by molar-refractivity contribution is -0.136. The average Bonchev–Trinajstić information content (AvgIpc) is 3.07. The van der Waals surface area contributed by atoms with Gasteiger partial charge in [0.05, 0.1) is 24.2 Å². The summed E-state index contributed by atoms with van der Waals surface area (Å²) >= 11 is 0. The van der Waals surface area contributed by atoms with Gasteiger partial charge in [-0.25, -0.2) is 17.9 Å². The Morgan fingerprint density at radius 3 is 2.70 bits per heavy atom. The van der Waals surface area contributed by atoms with E-state index in [9.17, 15) is 13.2 Å². The maximum atomic E-state index is 12.7. The molecule has 3 rings (SSSR count). The summed E-state index contributed by atoms with van der Waals surface area (Å²) in [5, 5.41) is 2.84. The van der Waals surface area contributed by atoms with Gasteiger partial charge in [-0.1, -0.05) is 6.92 Å². The molecule has 9 heteroatoms. The van der Waals surface area contributed by atoms with Crippen LogP contribution in [-0.4, -0.2) is 63.9 Å². The predicted octanol–water partition coefficient (Wildman–Crippen LogP) is 1.79. The van der Waals surface area contributed by atoms with E-state index < -0.39 is 15.6 Å². The van der Waals surface area contributed by atoms with E-state index >= 15 is 0 Å². The zero-order chi connectivity index (χ0) is 19.5. The van der Waals surface area contributed by atoms with E-state index in [0.717, 1.165) is 12.8 Å². The summed E-state index contributed by atoms with van der Waals surface area (Å²) in [7, 11) is -3.51. The van der Waals surface area contributed by atoms with Crippen LogP contribution in [0.15, 0.2) is 29.2 Å². The molecule has 2 aliphatic heterocycles. The molecule has 2 amide bonds. The van der Waals surface area contributed by atoms with Crippen molar-refractivity contribution in [2.45, 2.75) is 43.3 Å². The molecule has 2 saturated heterocycles. The Bertz CT molecular complexity index is 760. The number of hydrogen-bond donors (Lipinski definition) is 2. The second-order valence-corrected chi connectivity index (χ2v) is 8.91. The maximum Gasteiger partial charge on any atom is 0.322 e. The van der Waals surface area contributed by atoms with Crippen LogP contribution in [0.1, 0.15) is 26.7 Å². The molecule has 0 aromatic heterocycles. The molecule has 0 aliphatic carbocycles. The highest BCUT2D eigenvalue weighted by Gasteiger charge is 2.44. The van der Waals surface area contributed by atoms with Gasteiger partial charge >= 0.3 is 6.03 Å². The molecule has 150 valence electrons.